The van der Waals surface area contributed by atoms with Crippen LogP contribution in [-0.4, -0.2) is 61.3 Å². The van der Waals surface area contributed by atoms with Crippen LogP contribution in [0.1, 0.15) is 31.3 Å². The maximum atomic E-state index is 12.8. The summed E-state index contributed by atoms with van der Waals surface area (Å²) in [6.07, 6.45) is -4.55. The molecule has 1 N–H and O–H groups in total. The minimum atomic E-state index is -4.55. The van der Waals surface area contributed by atoms with Crippen LogP contribution in [0.2, 0.25) is 0 Å². The number of alkyl halides is 3. The molecule has 200 valence electrons. The Kier molecular flexibility index (Phi) is 7.76. The Bertz CT molecular complexity index is 1320. The molecule has 0 spiro atoms. The fourth-order valence-corrected chi connectivity index (χ4v) is 5.28. The first-order valence-corrected chi connectivity index (χ1v) is 13.3. The number of aromatic nitrogens is 3. The number of benzene rings is 2. The number of halogens is 3. The second kappa shape index (κ2) is 10.7. The summed E-state index contributed by atoms with van der Waals surface area (Å²) >= 11 is 0. The lowest BCUT2D eigenvalue weighted by atomic mass is 10.2. The van der Waals surface area contributed by atoms with Gasteiger partial charge in [0.15, 0.2) is 5.82 Å². The first-order valence-electron chi connectivity index (χ1n) is 11.8. The molecule has 0 unspecified atom stereocenters. The second-order valence-electron chi connectivity index (χ2n) is 8.84. The standard InChI is InChI=1S/C24H29F3N6O3S/c1-4-33-22(17(2)30-37(34,35)21-10-8-18(9-11-21)24(25,26)27)28-29-23(33)36-20-7-5-6-19(16-20)32-14-12-31(3)13-15-32/h5-11,16-17,30H,4,12-15H2,1-3H3/t17-/m1/s1. The highest BCUT2D eigenvalue weighted by Gasteiger charge is 2.31. The Morgan fingerprint density at radius 1 is 1.05 bits per heavy atom. The van der Waals surface area contributed by atoms with Gasteiger partial charge in [-0.05, 0) is 57.3 Å². The molecule has 1 aliphatic rings. The average Bonchev–Trinajstić information content (AvgIpc) is 3.26. The van der Waals surface area contributed by atoms with Gasteiger partial charge in [0.2, 0.25) is 10.0 Å². The molecule has 37 heavy (non-hydrogen) atoms. The van der Waals surface area contributed by atoms with Crippen molar-refractivity contribution in [2.24, 2.45) is 0 Å². The molecule has 0 radical (unpaired) electrons. The minimum Gasteiger partial charge on any atom is -0.424 e. The number of ether oxygens (including phenoxy) is 1. The van der Waals surface area contributed by atoms with E-state index in [9.17, 15) is 21.6 Å². The van der Waals surface area contributed by atoms with Crippen LogP contribution >= 0.6 is 0 Å². The normalized spacial score (nSPS) is 16.1. The Morgan fingerprint density at radius 3 is 2.35 bits per heavy atom. The van der Waals surface area contributed by atoms with Crippen LogP contribution in [0.25, 0.3) is 0 Å². The highest BCUT2D eigenvalue weighted by atomic mass is 32.2. The molecule has 3 aromatic rings. The van der Waals surface area contributed by atoms with Crippen LogP contribution in [0.5, 0.6) is 11.8 Å². The summed E-state index contributed by atoms with van der Waals surface area (Å²) in [7, 11) is -2.02. The molecule has 0 saturated carbocycles. The third kappa shape index (κ3) is 6.22. The Hall–Kier alpha value is -3.16. The Balaban J connectivity index is 1.49. The lowest BCUT2D eigenvalue weighted by Gasteiger charge is -2.34. The molecule has 2 heterocycles. The monoisotopic (exact) mass is 538 g/mol. The fraction of sp³-hybridized carbons (Fsp3) is 0.417. The third-order valence-electron chi connectivity index (χ3n) is 6.17. The molecular weight excluding hydrogens is 509 g/mol. The van der Waals surface area contributed by atoms with Crippen molar-refractivity contribution in [3.63, 3.8) is 0 Å². The molecule has 13 heteroatoms. The van der Waals surface area contributed by atoms with Crippen LogP contribution in [0.4, 0.5) is 18.9 Å². The van der Waals surface area contributed by atoms with Gasteiger partial charge in [-0.2, -0.15) is 13.2 Å². The summed E-state index contributed by atoms with van der Waals surface area (Å²) < 4.78 is 74.2. The van der Waals surface area contributed by atoms with Gasteiger partial charge < -0.3 is 14.5 Å². The van der Waals surface area contributed by atoms with Gasteiger partial charge in [0.1, 0.15) is 5.75 Å². The molecule has 0 bridgehead atoms. The lowest BCUT2D eigenvalue weighted by Crippen LogP contribution is -2.44. The number of hydrogen-bond acceptors (Lipinski definition) is 7. The van der Waals surface area contributed by atoms with Gasteiger partial charge in [-0.25, -0.2) is 13.1 Å². The van der Waals surface area contributed by atoms with E-state index in [0.717, 1.165) is 56.1 Å². The predicted molar refractivity (Wildman–Crippen MR) is 132 cm³/mol. The van der Waals surface area contributed by atoms with E-state index in [1.54, 1.807) is 11.5 Å². The highest BCUT2D eigenvalue weighted by Crippen LogP contribution is 2.30. The molecule has 2 aromatic carbocycles. The molecule has 0 amide bonds. The topological polar surface area (TPSA) is 92.6 Å². The predicted octanol–water partition coefficient (Wildman–Crippen LogP) is 3.90. The van der Waals surface area contributed by atoms with Crippen molar-refractivity contribution >= 4 is 15.7 Å². The van der Waals surface area contributed by atoms with Gasteiger partial charge in [0, 0.05) is 44.5 Å². The van der Waals surface area contributed by atoms with Crippen LogP contribution in [0, 0.1) is 0 Å². The molecule has 9 nitrogen and oxygen atoms in total. The number of hydrogen-bond donors (Lipinski definition) is 1. The van der Waals surface area contributed by atoms with E-state index in [-0.39, 0.29) is 10.9 Å². The summed E-state index contributed by atoms with van der Waals surface area (Å²) in [5, 5.41) is 8.23. The smallest absolute Gasteiger partial charge is 0.416 e. The number of nitrogens with zero attached hydrogens (tertiary/aromatic N) is 5. The average molecular weight is 539 g/mol. The molecule has 1 atom stereocenters. The molecule has 1 aliphatic heterocycles. The van der Waals surface area contributed by atoms with Crippen molar-refractivity contribution in [3.8, 4) is 11.8 Å². The first kappa shape index (κ1) is 26.9. The molecule has 4 rings (SSSR count). The zero-order chi connectivity index (χ0) is 26.8. The molecule has 1 saturated heterocycles. The van der Waals surface area contributed by atoms with Gasteiger partial charge in [-0.3, -0.25) is 4.57 Å². The van der Waals surface area contributed by atoms with E-state index in [1.807, 2.05) is 31.2 Å². The number of piperazine rings is 1. The summed E-state index contributed by atoms with van der Waals surface area (Å²) in [5.41, 5.74) is 0.106. The van der Waals surface area contributed by atoms with E-state index < -0.39 is 27.8 Å². The van der Waals surface area contributed by atoms with E-state index >= 15 is 0 Å². The van der Waals surface area contributed by atoms with E-state index in [1.165, 1.54) is 0 Å². The quantitative estimate of drug-likeness (QED) is 0.465. The van der Waals surface area contributed by atoms with E-state index in [2.05, 4.69) is 31.8 Å². The number of rotatable bonds is 8. The minimum absolute atomic E-state index is 0.202. The van der Waals surface area contributed by atoms with Crippen LogP contribution in [0.15, 0.2) is 53.4 Å². The van der Waals surface area contributed by atoms with Crippen molar-refractivity contribution in [1.82, 2.24) is 24.4 Å². The summed E-state index contributed by atoms with van der Waals surface area (Å²) in [6.45, 7) is 7.59. The van der Waals surface area contributed by atoms with Crippen molar-refractivity contribution < 1.29 is 26.3 Å². The van der Waals surface area contributed by atoms with Crippen LogP contribution < -0.4 is 14.4 Å². The molecule has 1 aromatic heterocycles. The van der Waals surface area contributed by atoms with E-state index in [4.69, 9.17) is 4.74 Å². The Labute approximate surface area is 213 Å². The number of likely N-dealkylation sites (N-methyl/N-ethyl adjacent to an activating group) is 1. The van der Waals surface area contributed by atoms with E-state index in [0.29, 0.717) is 18.1 Å². The van der Waals surface area contributed by atoms with Gasteiger partial charge in [-0.15, -0.1) is 5.10 Å². The van der Waals surface area contributed by atoms with Gasteiger partial charge >= 0.3 is 12.2 Å². The van der Waals surface area contributed by atoms with Gasteiger partial charge in [-0.1, -0.05) is 11.2 Å². The zero-order valence-corrected chi connectivity index (χ0v) is 21.6. The first-order chi connectivity index (χ1) is 17.5. The number of nitrogens with one attached hydrogen (secondary N) is 1. The summed E-state index contributed by atoms with van der Waals surface area (Å²) in [4.78, 5) is 4.27. The number of anilines is 1. The maximum absolute atomic E-state index is 12.8. The van der Waals surface area contributed by atoms with Gasteiger partial charge in [0.25, 0.3) is 0 Å². The van der Waals surface area contributed by atoms with Gasteiger partial charge in [0.05, 0.1) is 16.5 Å². The maximum Gasteiger partial charge on any atom is 0.416 e. The third-order valence-corrected chi connectivity index (χ3v) is 7.72. The number of sulfonamides is 1. The zero-order valence-electron chi connectivity index (χ0n) is 20.7. The second-order valence-corrected chi connectivity index (χ2v) is 10.6. The molecular formula is C24H29F3N6O3S. The highest BCUT2D eigenvalue weighted by molar-refractivity contribution is 7.89. The molecule has 0 aliphatic carbocycles. The van der Waals surface area contributed by atoms with Crippen LogP contribution in [0.3, 0.4) is 0 Å². The van der Waals surface area contributed by atoms with Crippen LogP contribution in [-0.2, 0) is 22.7 Å². The lowest BCUT2D eigenvalue weighted by molar-refractivity contribution is -0.137. The SMILES string of the molecule is CCn1c(Oc2cccc(N3CCN(C)CC3)c2)nnc1[C@@H](C)NS(=O)(=O)c1ccc(C(F)(F)F)cc1. The molecule has 1 fully saturated rings. The summed E-state index contributed by atoms with van der Waals surface area (Å²) in [5.74, 6) is 0.881. The fourth-order valence-electron chi connectivity index (χ4n) is 4.08. The largest absolute Gasteiger partial charge is 0.424 e. The summed E-state index contributed by atoms with van der Waals surface area (Å²) in [6, 6.07) is 10.3. The van der Waals surface area contributed by atoms with Crippen molar-refractivity contribution in [2.45, 2.75) is 37.5 Å². The van der Waals surface area contributed by atoms with Crippen molar-refractivity contribution in [2.75, 3.05) is 38.1 Å². The van der Waals surface area contributed by atoms with Crippen molar-refractivity contribution in [3.05, 3.63) is 59.9 Å². The Morgan fingerprint density at radius 2 is 1.73 bits per heavy atom. The van der Waals surface area contributed by atoms with Crippen molar-refractivity contribution in [1.29, 1.82) is 0 Å².